The minimum Gasteiger partial charge on any atom is -0.478 e. The molecule has 0 radical (unpaired) electrons. The van der Waals surface area contributed by atoms with Crippen LogP contribution in [0.25, 0.3) is 6.08 Å². The lowest BCUT2D eigenvalue weighted by atomic mass is 9.95. The van der Waals surface area contributed by atoms with Crippen LogP contribution in [0.4, 0.5) is 9.39 Å². The number of halogens is 1. The van der Waals surface area contributed by atoms with Crippen LogP contribution in [-0.4, -0.2) is 17.0 Å². The Labute approximate surface area is 142 Å². The average Bonchev–Trinajstić information content (AvgIpc) is 2.92. The molecule has 1 heterocycles. The summed E-state index contributed by atoms with van der Waals surface area (Å²) in [7, 11) is 0. The molecular weight excluding hydrogens is 329 g/mol. The summed E-state index contributed by atoms with van der Waals surface area (Å²) in [5, 5.41) is 12.5. The van der Waals surface area contributed by atoms with Crippen molar-refractivity contribution in [2.45, 2.75) is 25.7 Å². The molecule has 0 fully saturated rings. The van der Waals surface area contributed by atoms with Crippen molar-refractivity contribution in [1.82, 2.24) is 0 Å². The summed E-state index contributed by atoms with van der Waals surface area (Å²) < 4.78 is 12.8. The van der Waals surface area contributed by atoms with Crippen molar-refractivity contribution in [2.75, 3.05) is 5.32 Å². The van der Waals surface area contributed by atoms with Crippen molar-refractivity contribution >= 4 is 34.3 Å². The number of carbonyl (C=O) groups is 2. The largest absolute Gasteiger partial charge is 0.478 e. The van der Waals surface area contributed by atoms with E-state index in [0.29, 0.717) is 10.6 Å². The van der Waals surface area contributed by atoms with E-state index in [9.17, 15) is 19.1 Å². The molecule has 3 rings (SSSR count). The molecule has 0 bridgehead atoms. The molecule has 2 N–H and O–H groups in total. The van der Waals surface area contributed by atoms with Crippen molar-refractivity contribution < 1.29 is 19.1 Å². The van der Waals surface area contributed by atoms with Crippen LogP contribution in [0, 0.1) is 5.82 Å². The highest BCUT2D eigenvalue weighted by Gasteiger charge is 2.25. The number of aromatic carboxylic acids is 1. The number of fused-ring (bicyclic) bond motifs is 1. The van der Waals surface area contributed by atoms with E-state index >= 15 is 0 Å². The Kier molecular flexibility index (Phi) is 4.76. The topological polar surface area (TPSA) is 66.4 Å². The van der Waals surface area contributed by atoms with Gasteiger partial charge in [0.15, 0.2) is 0 Å². The Hall–Kier alpha value is -2.47. The van der Waals surface area contributed by atoms with Crippen molar-refractivity contribution in [1.29, 1.82) is 0 Å². The van der Waals surface area contributed by atoms with Crippen LogP contribution in [0.5, 0.6) is 0 Å². The number of hydrogen-bond acceptors (Lipinski definition) is 3. The van der Waals surface area contributed by atoms with Gasteiger partial charge < -0.3 is 10.4 Å². The molecule has 0 saturated heterocycles. The predicted octanol–water partition coefficient (Wildman–Crippen LogP) is 4.12. The number of carboxylic acids is 1. The maximum atomic E-state index is 12.8. The maximum absolute atomic E-state index is 12.8. The Morgan fingerprint density at radius 3 is 2.58 bits per heavy atom. The van der Waals surface area contributed by atoms with E-state index in [1.807, 2.05) is 0 Å². The van der Waals surface area contributed by atoms with E-state index in [0.717, 1.165) is 36.1 Å². The lowest BCUT2D eigenvalue weighted by Crippen LogP contribution is -2.11. The molecule has 1 aromatic heterocycles. The predicted molar refractivity (Wildman–Crippen MR) is 92.0 cm³/mol. The summed E-state index contributed by atoms with van der Waals surface area (Å²) in [6.07, 6.45) is 6.50. The molecule has 2 aromatic rings. The Morgan fingerprint density at radius 1 is 1.17 bits per heavy atom. The van der Waals surface area contributed by atoms with Gasteiger partial charge >= 0.3 is 5.97 Å². The number of carbonyl (C=O) groups excluding carboxylic acids is 1. The van der Waals surface area contributed by atoms with Crippen molar-refractivity contribution in [2.24, 2.45) is 0 Å². The molecule has 1 aromatic carbocycles. The highest BCUT2D eigenvalue weighted by atomic mass is 32.1. The first-order valence-electron chi connectivity index (χ1n) is 7.67. The molecule has 24 heavy (non-hydrogen) atoms. The quantitative estimate of drug-likeness (QED) is 0.819. The first kappa shape index (κ1) is 16.4. The second-order valence-corrected chi connectivity index (χ2v) is 6.70. The summed E-state index contributed by atoms with van der Waals surface area (Å²) in [5.74, 6) is -1.75. The van der Waals surface area contributed by atoms with E-state index < -0.39 is 11.9 Å². The van der Waals surface area contributed by atoms with Crippen molar-refractivity contribution in [3.05, 3.63) is 57.7 Å². The Bertz CT molecular complexity index is 808. The number of aryl methyl sites for hydroxylation is 1. The third kappa shape index (κ3) is 3.54. The van der Waals surface area contributed by atoms with Crippen molar-refractivity contribution in [3.8, 4) is 0 Å². The third-order valence-corrected chi connectivity index (χ3v) is 5.13. The van der Waals surface area contributed by atoms with E-state index in [4.69, 9.17) is 0 Å². The Morgan fingerprint density at radius 2 is 1.88 bits per heavy atom. The third-order valence-electron chi connectivity index (χ3n) is 3.92. The van der Waals surface area contributed by atoms with Gasteiger partial charge in [-0.3, -0.25) is 4.79 Å². The number of rotatable bonds is 4. The van der Waals surface area contributed by atoms with E-state index in [1.54, 1.807) is 18.2 Å². The zero-order valence-corrected chi connectivity index (χ0v) is 13.7. The molecular formula is C18H16FNO3S. The first-order chi connectivity index (χ1) is 11.5. The second kappa shape index (κ2) is 6.97. The molecule has 1 aliphatic carbocycles. The number of hydrogen-bond donors (Lipinski definition) is 2. The Balaban J connectivity index is 1.78. The fraction of sp³-hybridized carbons (Fsp3) is 0.222. The molecule has 1 amide bonds. The molecule has 124 valence electrons. The lowest BCUT2D eigenvalue weighted by Gasteiger charge is -2.10. The molecule has 0 unspecified atom stereocenters. The van der Waals surface area contributed by atoms with Crippen LogP contribution < -0.4 is 5.32 Å². The zero-order chi connectivity index (χ0) is 17.1. The van der Waals surface area contributed by atoms with Gasteiger partial charge in [-0.2, -0.15) is 0 Å². The first-order valence-corrected chi connectivity index (χ1v) is 8.48. The number of anilines is 1. The smallest absolute Gasteiger partial charge is 0.339 e. The van der Waals surface area contributed by atoms with Crippen LogP contribution in [0.1, 0.15) is 39.2 Å². The lowest BCUT2D eigenvalue weighted by molar-refractivity contribution is -0.111. The van der Waals surface area contributed by atoms with Gasteiger partial charge in [0.25, 0.3) is 0 Å². The highest BCUT2D eigenvalue weighted by Crippen LogP contribution is 2.38. The fourth-order valence-corrected chi connectivity index (χ4v) is 4.06. The summed E-state index contributed by atoms with van der Waals surface area (Å²) in [6.45, 7) is 0. The molecule has 0 atom stereocenters. The monoisotopic (exact) mass is 345 g/mol. The van der Waals surface area contributed by atoms with Gasteiger partial charge in [-0.25, -0.2) is 9.18 Å². The minimum absolute atomic E-state index is 0.221. The van der Waals surface area contributed by atoms with Gasteiger partial charge in [0.05, 0.1) is 5.56 Å². The van der Waals surface area contributed by atoms with Crippen molar-refractivity contribution in [3.63, 3.8) is 0 Å². The van der Waals surface area contributed by atoms with Gasteiger partial charge in [0.1, 0.15) is 10.8 Å². The van der Waals surface area contributed by atoms with Crippen LogP contribution in [0.15, 0.2) is 30.3 Å². The number of nitrogens with one attached hydrogen (secondary N) is 1. The summed E-state index contributed by atoms with van der Waals surface area (Å²) in [4.78, 5) is 24.7. The summed E-state index contributed by atoms with van der Waals surface area (Å²) >= 11 is 1.35. The summed E-state index contributed by atoms with van der Waals surface area (Å²) in [6, 6.07) is 5.75. The molecule has 0 aliphatic heterocycles. The van der Waals surface area contributed by atoms with Gasteiger partial charge in [0.2, 0.25) is 5.91 Å². The fourth-order valence-electron chi connectivity index (χ4n) is 2.78. The van der Waals surface area contributed by atoms with E-state index in [-0.39, 0.29) is 11.4 Å². The molecule has 6 heteroatoms. The second-order valence-electron chi connectivity index (χ2n) is 5.59. The van der Waals surface area contributed by atoms with Gasteiger partial charge in [-0.1, -0.05) is 12.1 Å². The van der Waals surface area contributed by atoms with Gasteiger partial charge in [-0.05, 0) is 55.0 Å². The molecule has 1 aliphatic rings. The zero-order valence-electron chi connectivity index (χ0n) is 12.8. The SMILES string of the molecule is O=C(/C=C/c1ccc(F)cc1)Nc1sc2c(c1C(=O)O)CCCC2. The van der Waals surface area contributed by atoms with Crippen LogP contribution in [0.2, 0.25) is 0 Å². The maximum Gasteiger partial charge on any atom is 0.339 e. The number of amides is 1. The van der Waals surface area contributed by atoms with Crippen LogP contribution in [0.3, 0.4) is 0 Å². The standard InChI is InChI=1S/C18H16FNO3S/c19-12-8-5-11(6-9-12)7-10-15(21)20-17-16(18(22)23)13-3-1-2-4-14(13)24-17/h5-10H,1-4H2,(H,20,21)(H,22,23)/b10-7+. The average molecular weight is 345 g/mol. The normalized spacial score (nSPS) is 13.7. The van der Waals surface area contributed by atoms with Crippen LogP contribution >= 0.6 is 11.3 Å². The molecule has 0 saturated carbocycles. The van der Waals surface area contributed by atoms with Gasteiger partial charge in [0, 0.05) is 11.0 Å². The number of thiophene rings is 1. The minimum atomic E-state index is -1.01. The summed E-state index contributed by atoms with van der Waals surface area (Å²) in [5.41, 5.74) is 1.77. The molecule has 0 spiro atoms. The van der Waals surface area contributed by atoms with E-state index in [2.05, 4.69) is 5.32 Å². The van der Waals surface area contributed by atoms with Crippen LogP contribution in [-0.2, 0) is 17.6 Å². The molecule has 4 nitrogen and oxygen atoms in total. The number of carboxylic acid groups (broad SMARTS) is 1. The highest BCUT2D eigenvalue weighted by molar-refractivity contribution is 7.17. The van der Waals surface area contributed by atoms with Gasteiger partial charge in [-0.15, -0.1) is 11.3 Å². The van der Waals surface area contributed by atoms with E-state index in [1.165, 1.54) is 29.5 Å². The number of benzene rings is 1.